The number of hydrogen-bond donors (Lipinski definition) is 2. The van der Waals surface area contributed by atoms with Crippen molar-refractivity contribution in [1.29, 1.82) is 0 Å². The first kappa shape index (κ1) is 20.2. The second kappa shape index (κ2) is 9.17. The zero-order chi connectivity index (χ0) is 20.9. The molecule has 0 saturated carbocycles. The average Bonchev–Trinajstić information content (AvgIpc) is 3.24. The van der Waals surface area contributed by atoms with E-state index in [0.717, 1.165) is 30.5 Å². The van der Waals surface area contributed by atoms with Gasteiger partial charge in [0.1, 0.15) is 5.82 Å². The fourth-order valence-corrected chi connectivity index (χ4v) is 3.73. The summed E-state index contributed by atoms with van der Waals surface area (Å²) in [6.07, 6.45) is 5.29. The first-order valence-corrected chi connectivity index (χ1v) is 10.3. The number of carbonyl (C=O) groups is 1. The average molecular weight is 409 g/mol. The number of aliphatic hydroxyl groups excluding tert-OH is 1. The van der Waals surface area contributed by atoms with Crippen LogP contribution in [0.3, 0.4) is 0 Å². The van der Waals surface area contributed by atoms with E-state index in [1.165, 1.54) is 0 Å². The summed E-state index contributed by atoms with van der Waals surface area (Å²) in [4.78, 5) is 18.8. The molecule has 3 heterocycles. The molecule has 2 unspecified atom stereocenters. The molecule has 7 nitrogen and oxygen atoms in total. The largest absolute Gasteiger partial charge is 0.454 e. The lowest BCUT2D eigenvalue weighted by molar-refractivity contribution is -0.138. The van der Waals surface area contributed by atoms with Crippen LogP contribution in [0, 0.1) is 6.92 Å². The number of fused-ring (bicyclic) bond motifs is 1. The normalized spacial score (nSPS) is 17.7. The van der Waals surface area contributed by atoms with Crippen molar-refractivity contribution >= 4 is 11.7 Å². The Kier molecular flexibility index (Phi) is 6.18. The number of rotatable bonds is 6. The van der Waals surface area contributed by atoms with Crippen LogP contribution >= 0.6 is 0 Å². The van der Waals surface area contributed by atoms with E-state index in [4.69, 9.17) is 9.47 Å². The molecule has 1 aromatic carbocycles. The molecule has 1 fully saturated rings. The van der Waals surface area contributed by atoms with Crippen LogP contribution in [0.5, 0.6) is 11.5 Å². The number of hydrogen-bond acceptors (Lipinski definition) is 6. The van der Waals surface area contributed by atoms with Crippen molar-refractivity contribution in [3.05, 3.63) is 59.8 Å². The number of likely N-dealkylation sites (tertiary alicyclic amines) is 1. The van der Waals surface area contributed by atoms with Crippen LogP contribution < -0.4 is 14.8 Å². The molecule has 7 heteroatoms. The van der Waals surface area contributed by atoms with Crippen molar-refractivity contribution in [1.82, 2.24) is 9.88 Å². The van der Waals surface area contributed by atoms with Crippen LogP contribution in [0.25, 0.3) is 0 Å². The Morgan fingerprint density at radius 3 is 2.73 bits per heavy atom. The molecule has 0 radical (unpaired) electrons. The first-order chi connectivity index (χ1) is 14.6. The minimum Gasteiger partial charge on any atom is -0.454 e. The Balaban J connectivity index is 1.54. The summed E-state index contributed by atoms with van der Waals surface area (Å²) < 4.78 is 10.9. The molecule has 4 rings (SSSR count). The van der Waals surface area contributed by atoms with E-state index >= 15 is 0 Å². The number of ether oxygens (including phenoxy) is 2. The van der Waals surface area contributed by atoms with E-state index in [1.807, 2.05) is 43.3 Å². The van der Waals surface area contributed by atoms with Crippen LogP contribution in [0.15, 0.2) is 48.6 Å². The molecule has 0 aliphatic carbocycles. The summed E-state index contributed by atoms with van der Waals surface area (Å²) in [5, 5.41) is 13.8. The Hall–Kier alpha value is -3.06. The zero-order valence-electron chi connectivity index (χ0n) is 17.1. The number of amides is 1. The van der Waals surface area contributed by atoms with E-state index < -0.39 is 6.10 Å². The lowest BCUT2D eigenvalue weighted by atomic mass is 10.0. The lowest BCUT2D eigenvalue weighted by Gasteiger charge is -2.28. The fourth-order valence-electron chi connectivity index (χ4n) is 3.73. The van der Waals surface area contributed by atoms with Gasteiger partial charge in [0.15, 0.2) is 17.6 Å². The van der Waals surface area contributed by atoms with Gasteiger partial charge < -0.3 is 24.8 Å². The fraction of sp³-hybridized carbons (Fsp3) is 0.391. The Morgan fingerprint density at radius 2 is 1.93 bits per heavy atom. The van der Waals surface area contributed by atoms with Gasteiger partial charge in [0.2, 0.25) is 6.79 Å². The number of piperidine rings is 1. The summed E-state index contributed by atoms with van der Waals surface area (Å²) in [5.41, 5.74) is 1.81. The molecule has 2 N–H and O–H groups in total. The molecule has 0 bridgehead atoms. The van der Waals surface area contributed by atoms with Gasteiger partial charge in [-0.2, -0.15) is 0 Å². The Labute approximate surface area is 176 Å². The third kappa shape index (κ3) is 4.74. The van der Waals surface area contributed by atoms with Gasteiger partial charge in [-0.3, -0.25) is 4.79 Å². The number of benzene rings is 1. The van der Waals surface area contributed by atoms with E-state index in [9.17, 15) is 9.90 Å². The maximum Gasteiger partial charge on any atom is 0.255 e. The molecule has 1 saturated heterocycles. The van der Waals surface area contributed by atoms with Gasteiger partial charge in [-0.15, -0.1) is 0 Å². The molecule has 158 valence electrons. The van der Waals surface area contributed by atoms with E-state index in [-0.39, 0.29) is 18.7 Å². The van der Waals surface area contributed by atoms with Gasteiger partial charge in [-0.05, 0) is 62.1 Å². The number of carbonyl (C=O) groups excluding carboxylic acids is 1. The number of pyridine rings is 1. The summed E-state index contributed by atoms with van der Waals surface area (Å²) in [5.74, 6) is 1.84. The molecular weight excluding hydrogens is 382 g/mol. The number of aromatic nitrogens is 1. The summed E-state index contributed by atoms with van der Waals surface area (Å²) >= 11 is 0. The molecular formula is C23H27N3O4. The monoisotopic (exact) mass is 409 g/mol. The van der Waals surface area contributed by atoms with E-state index in [1.54, 1.807) is 17.1 Å². The second-order valence-electron chi connectivity index (χ2n) is 7.61. The Morgan fingerprint density at radius 1 is 1.13 bits per heavy atom. The molecule has 2 atom stereocenters. The predicted octanol–water partition coefficient (Wildman–Crippen LogP) is 3.20. The SMILES string of the molecule is Cc1cccc(NC(/C=C\C(O)C(=O)N2CCCCC2)c2ccc3c(c2)OCO3)n1. The summed E-state index contributed by atoms with van der Waals surface area (Å²) in [7, 11) is 0. The number of nitrogens with zero attached hydrogens (tertiary/aromatic N) is 2. The molecule has 1 aromatic heterocycles. The summed E-state index contributed by atoms with van der Waals surface area (Å²) in [6, 6.07) is 11.1. The van der Waals surface area contributed by atoms with Crippen molar-refractivity contribution in [3.8, 4) is 11.5 Å². The zero-order valence-corrected chi connectivity index (χ0v) is 17.1. The highest BCUT2D eigenvalue weighted by atomic mass is 16.7. The maximum atomic E-state index is 12.6. The number of aliphatic hydroxyl groups is 1. The maximum absolute atomic E-state index is 12.6. The molecule has 2 aliphatic heterocycles. The van der Waals surface area contributed by atoms with Gasteiger partial charge in [-0.1, -0.05) is 18.2 Å². The number of nitrogens with one attached hydrogen (secondary N) is 1. The topological polar surface area (TPSA) is 83.9 Å². The molecule has 0 spiro atoms. The second-order valence-corrected chi connectivity index (χ2v) is 7.61. The van der Waals surface area contributed by atoms with Crippen molar-refractivity contribution < 1.29 is 19.4 Å². The molecule has 30 heavy (non-hydrogen) atoms. The van der Waals surface area contributed by atoms with Crippen LogP contribution in [-0.4, -0.2) is 46.9 Å². The highest BCUT2D eigenvalue weighted by molar-refractivity contribution is 5.82. The quantitative estimate of drug-likeness (QED) is 0.713. The number of anilines is 1. The predicted molar refractivity (Wildman–Crippen MR) is 113 cm³/mol. The molecule has 2 aromatic rings. The van der Waals surface area contributed by atoms with Gasteiger partial charge in [-0.25, -0.2) is 4.98 Å². The van der Waals surface area contributed by atoms with Crippen molar-refractivity contribution in [2.45, 2.75) is 38.3 Å². The highest BCUT2D eigenvalue weighted by Gasteiger charge is 2.23. The van der Waals surface area contributed by atoms with Crippen LogP contribution in [0.4, 0.5) is 5.82 Å². The lowest BCUT2D eigenvalue weighted by Crippen LogP contribution is -2.41. The number of aryl methyl sites for hydroxylation is 1. The third-order valence-corrected chi connectivity index (χ3v) is 5.35. The molecule has 2 aliphatic rings. The van der Waals surface area contributed by atoms with Crippen molar-refractivity contribution in [2.75, 3.05) is 25.2 Å². The summed E-state index contributed by atoms with van der Waals surface area (Å²) in [6.45, 7) is 3.55. The smallest absolute Gasteiger partial charge is 0.255 e. The van der Waals surface area contributed by atoms with Crippen molar-refractivity contribution in [3.63, 3.8) is 0 Å². The third-order valence-electron chi connectivity index (χ3n) is 5.35. The van der Waals surface area contributed by atoms with Gasteiger partial charge >= 0.3 is 0 Å². The van der Waals surface area contributed by atoms with Gasteiger partial charge in [0, 0.05) is 18.8 Å². The Bertz CT molecular complexity index is 924. The van der Waals surface area contributed by atoms with E-state index in [0.29, 0.717) is 30.4 Å². The van der Waals surface area contributed by atoms with Crippen LogP contribution in [-0.2, 0) is 4.79 Å². The van der Waals surface area contributed by atoms with Crippen molar-refractivity contribution in [2.24, 2.45) is 0 Å². The van der Waals surface area contributed by atoms with Gasteiger partial charge in [0.25, 0.3) is 5.91 Å². The molecule has 1 amide bonds. The first-order valence-electron chi connectivity index (χ1n) is 10.3. The minimum absolute atomic E-state index is 0.204. The van der Waals surface area contributed by atoms with Crippen LogP contribution in [0.1, 0.15) is 36.6 Å². The van der Waals surface area contributed by atoms with Crippen LogP contribution in [0.2, 0.25) is 0 Å². The minimum atomic E-state index is -1.17. The highest BCUT2D eigenvalue weighted by Crippen LogP contribution is 2.35. The van der Waals surface area contributed by atoms with E-state index in [2.05, 4.69) is 10.3 Å². The van der Waals surface area contributed by atoms with Gasteiger partial charge in [0.05, 0.1) is 6.04 Å². The standard InChI is InChI=1S/C23H27N3O4/c1-16-6-5-7-22(24-16)25-18(17-8-11-20-21(14-17)30-15-29-20)9-10-19(27)23(28)26-12-3-2-4-13-26/h5-11,14,18-19,27H,2-4,12-13,15H2,1H3,(H,24,25)/b10-9-.